The van der Waals surface area contributed by atoms with Gasteiger partial charge in [0.1, 0.15) is 24.9 Å². The Morgan fingerprint density at radius 2 is 1.94 bits per heavy atom. The summed E-state index contributed by atoms with van der Waals surface area (Å²) in [6, 6.07) is 5.67. The van der Waals surface area contributed by atoms with E-state index in [1.165, 1.54) is 12.2 Å². The van der Waals surface area contributed by atoms with E-state index in [2.05, 4.69) is 22.6 Å². The molecule has 88 valence electrons. The van der Waals surface area contributed by atoms with Crippen molar-refractivity contribution in [2.24, 2.45) is 0 Å². The molecule has 0 aliphatic rings. The highest BCUT2D eigenvalue weighted by atomic mass is 127. The van der Waals surface area contributed by atoms with Crippen LogP contribution in [0.25, 0.3) is 6.08 Å². The third-order valence-electron chi connectivity index (χ3n) is 1.89. The largest absolute Gasteiger partial charge is 0.488 e. The van der Waals surface area contributed by atoms with Crippen molar-refractivity contribution in [1.29, 1.82) is 0 Å². The van der Waals surface area contributed by atoms with Gasteiger partial charge in [-0.1, -0.05) is 12.1 Å². The molecule has 0 bridgehead atoms. The lowest BCUT2D eigenvalue weighted by Crippen LogP contribution is -1.97. The third kappa shape index (κ3) is 4.52. The molecule has 1 aromatic carbocycles. The molecule has 0 heterocycles. The van der Waals surface area contributed by atoms with Gasteiger partial charge < -0.3 is 4.74 Å². The van der Waals surface area contributed by atoms with E-state index >= 15 is 0 Å². The molecule has 3 nitrogen and oxygen atoms in total. The second-order valence-corrected chi connectivity index (χ2v) is 4.19. The number of benzene rings is 1. The van der Waals surface area contributed by atoms with Gasteiger partial charge >= 0.3 is 0 Å². The van der Waals surface area contributed by atoms with Crippen molar-refractivity contribution in [3.05, 3.63) is 45.6 Å². The average molecular weight is 342 g/mol. The molecule has 0 atom stereocenters. The highest BCUT2D eigenvalue weighted by molar-refractivity contribution is 14.1. The fourth-order valence-electron chi connectivity index (χ4n) is 1.19. The first kappa shape index (κ1) is 13.6. The number of carbonyl (C=O) groups is 2. The van der Waals surface area contributed by atoms with Crippen molar-refractivity contribution >= 4 is 41.2 Å². The van der Waals surface area contributed by atoms with Crippen molar-refractivity contribution < 1.29 is 14.3 Å². The third-order valence-corrected chi connectivity index (χ3v) is 2.74. The van der Waals surface area contributed by atoms with Gasteiger partial charge in [-0.15, -0.1) is 0 Å². The molecule has 17 heavy (non-hydrogen) atoms. The molecule has 0 aliphatic heterocycles. The summed E-state index contributed by atoms with van der Waals surface area (Å²) in [5, 5.41) is 0. The van der Waals surface area contributed by atoms with E-state index in [1.807, 2.05) is 18.2 Å². The number of hydrogen-bond donors (Lipinski definition) is 0. The van der Waals surface area contributed by atoms with E-state index in [4.69, 9.17) is 4.74 Å². The summed E-state index contributed by atoms with van der Waals surface area (Å²) in [6.45, 7) is 0.320. The van der Waals surface area contributed by atoms with Crippen LogP contribution >= 0.6 is 22.6 Å². The molecule has 0 aromatic heterocycles. The Balaban J connectivity index is 2.87. The van der Waals surface area contributed by atoms with Crippen LogP contribution < -0.4 is 4.74 Å². The van der Waals surface area contributed by atoms with Crippen LogP contribution in [-0.2, 0) is 9.59 Å². The quantitative estimate of drug-likeness (QED) is 0.454. The van der Waals surface area contributed by atoms with Crippen LogP contribution in [0.5, 0.6) is 5.75 Å². The fourth-order valence-corrected chi connectivity index (χ4v) is 1.87. The number of aldehydes is 2. The van der Waals surface area contributed by atoms with Crippen LogP contribution in [0.3, 0.4) is 0 Å². The molecule has 0 spiro atoms. The van der Waals surface area contributed by atoms with Crippen LogP contribution in [0.4, 0.5) is 0 Å². The molecule has 4 heteroatoms. The standard InChI is InChI=1S/C13H11IO3/c14-12-7-3-5-11(6-4-9-16)13(12)17-10-2-1-8-15/h1-9H,10H2/b2-1-,6-4+. The van der Waals surface area contributed by atoms with E-state index in [0.717, 1.165) is 15.4 Å². The number of ether oxygens (including phenoxy) is 1. The summed E-state index contributed by atoms with van der Waals surface area (Å²) in [4.78, 5) is 20.4. The predicted molar refractivity (Wildman–Crippen MR) is 75.0 cm³/mol. The van der Waals surface area contributed by atoms with Gasteiger partial charge in [0.15, 0.2) is 0 Å². The monoisotopic (exact) mass is 342 g/mol. The van der Waals surface area contributed by atoms with E-state index in [0.29, 0.717) is 18.6 Å². The molecular formula is C13H11IO3. The van der Waals surface area contributed by atoms with Gasteiger partial charge in [-0.25, -0.2) is 0 Å². The Hall–Kier alpha value is -1.43. The van der Waals surface area contributed by atoms with Gasteiger partial charge in [-0.2, -0.15) is 0 Å². The van der Waals surface area contributed by atoms with E-state index in [-0.39, 0.29) is 0 Å². The molecule has 0 aliphatic carbocycles. The first-order valence-corrected chi connectivity index (χ1v) is 6.01. The van der Waals surface area contributed by atoms with Crippen LogP contribution in [0.1, 0.15) is 5.56 Å². The SMILES string of the molecule is O=C/C=C\COc1c(I)cccc1/C=C/C=O. The minimum absolute atomic E-state index is 0.320. The molecule has 1 rings (SSSR count). The number of para-hydroxylation sites is 1. The number of rotatable bonds is 6. The molecular weight excluding hydrogens is 331 g/mol. The minimum Gasteiger partial charge on any atom is -0.488 e. The molecule has 0 radical (unpaired) electrons. The van der Waals surface area contributed by atoms with Gasteiger partial charge in [-0.05, 0) is 53.0 Å². The highest BCUT2D eigenvalue weighted by Gasteiger charge is 2.04. The number of hydrogen-bond acceptors (Lipinski definition) is 3. The Morgan fingerprint density at radius 3 is 2.65 bits per heavy atom. The fraction of sp³-hybridized carbons (Fsp3) is 0.0769. The normalized spacial score (nSPS) is 10.9. The Bertz CT molecular complexity index is 450. The van der Waals surface area contributed by atoms with E-state index in [1.54, 1.807) is 12.2 Å². The van der Waals surface area contributed by atoms with E-state index < -0.39 is 0 Å². The Kier molecular flexibility index (Phi) is 6.24. The number of halogens is 1. The van der Waals surface area contributed by atoms with Gasteiger partial charge in [-0.3, -0.25) is 9.59 Å². The minimum atomic E-state index is 0.320. The highest BCUT2D eigenvalue weighted by Crippen LogP contribution is 2.26. The van der Waals surface area contributed by atoms with Gasteiger partial charge in [0.25, 0.3) is 0 Å². The Morgan fingerprint density at radius 1 is 1.18 bits per heavy atom. The summed E-state index contributed by atoms with van der Waals surface area (Å²) in [6.07, 6.45) is 7.54. The number of carbonyl (C=O) groups excluding carboxylic acids is 2. The maximum Gasteiger partial charge on any atom is 0.142 e. The Labute approximate surface area is 113 Å². The number of allylic oxidation sites excluding steroid dienone is 2. The first-order chi connectivity index (χ1) is 8.29. The first-order valence-electron chi connectivity index (χ1n) is 4.93. The maximum atomic E-state index is 10.3. The molecule has 0 saturated heterocycles. The smallest absolute Gasteiger partial charge is 0.142 e. The maximum absolute atomic E-state index is 10.3. The van der Waals surface area contributed by atoms with Crippen molar-refractivity contribution in [1.82, 2.24) is 0 Å². The van der Waals surface area contributed by atoms with E-state index in [9.17, 15) is 9.59 Å². The predicted octanol–water partition coefficient (Wildman–Crippen LogP) is 2.64. The zero-order valence-electron chi connectivity index (χ0n) is 9.01. The molecule has 0 fully saturated rings. The van der Waals surface area contributed by atoms with Crippen molar-refractivity contribution in [2.75, 3.05) is 6.61 Å². The second kappa shape index (κ2) is 7.78. The van der Waals surface area contributed by atoms with Gasteiger partial charge in [0, 0.05) is 5.56 Å². The van der Waals surface area contributed by atoms with Crippen LogP contribution in [0.2, 0.25) is 0 Å². The van der Waals surface area contributed by atoms with Gasteiger partial charge in [0.05, 0.1) is 3.57 Å². The lowest BCUT2D eigenvalue weighted by atomic mass is 10.2. The molecule has 0 amide bonds. The second-order valence-electron chi connectivity index (χ2n) is 3.03. The average Bonchev–Trinajstić information content (AvgIpc) is 2.34. The van der Waals surface area contributed by atoms with Crippen molar-refractivity contribution in [3.8, 4) is 5.75 Å². The molecule has 0 saturated carbocycles. The van der Waals surface area contributed by atoms with Gasteiger partial charge in [0.2, 0.25) is 0 Å². The zero-order valence-corrected chi connectivity index (χ0v) is 11.2. The molecule has 1 aromatic rings. The summed E-state index contributed by atoms with van der Waals surface area (Å²) < 4.78 is 6.50. The topological polar surface area (TPSA) is 43.4 Å². The van der Waals surface area contributed by atoms with Crippen molar-refractivity contribution in [2.45, 2.75) is 0 Å². The van der Waals surface area contributed by atoms with Crippen molar-refractivity contribution in [3.63, 3.8) is 0 Å². The van der Waals surface area contributed by atoms with Crippen LogP contribution in [0, 0.1) is 3.57 Å². The summed E-state index contributed by atoms with van der Waals surface area (Å²) in [5.41, 5.74) is 0.837. The zero-order chi connectivity index (χ0) is 12.5. The van der Waals surface area contributed by atoms with Crippen LogP contribution in [0.15, 0.2) is 36.4 Å². The summed E-state index contributed by atoms with van der Waals surface area (Å²) >= 11 is 2.16. The summed E-state index contributed by atoms with van der Waals surface area (Å²) in [7, 11) is 0. The lowest BCUT2D eigenvalue weighted by molar-refractivity contribution is -0.104. The lowest BCUT2D eigenvalue weighted by Gasteiger charge is -2.09. The molecule has 0 unspecified atom stereocenters. The summed E-state index contributed by atoms with van der Waals surface area (Å²) in [5.74, 6) is 0.710. The molecule has 0 N–H and O–H groups in total. The van der Waals surface area contributed by atoms with Crippen LogP contribution in [-0.4, -0.2) is 19.2 Å².